The van der Waals surface area contributed by atoms with Gasteiger partial charge in [-0.25, -0.2) is 4.99 Å². The lowest BCUT2D eigenvalue weighted by Gasteiger charge is -2.35. The van der Waals surface area contributed by atoms with Gasteiger partial charge in [-0.05, 0) is 71.4 Å². The van der Waals surface area contributed by atoms with Crippen LogP contribution < -0.4 is 15.8 Å². The molecule has 1 amide bonds. The highest BCUT2D eigenvalue weighted by Gasteiger charge is 2.42. The van der Waals surface area contributed by atoms with Crippen molar-refractivity contribution in [2.75, 3.05) is 11.9 Å². The number of rotatable bonds is 5. The van der Waals surface area contributed by atoms with E-state index in [4.69, 9.17) is 10.5 Å². The van der Waals surface area contributed by atoms with Gasteiger partial charge in [0.2, 0.25) is 0 Å². The lowest BCUT2D eigenvalue weighted by molar-refractivity contribution is -0.113. The van der Waals surface area contributed by atoms with Gasteiger partial charge >= 0.3 is 0 Å². The average Bonchev–Trinajstić information content (AvgIpc) is 3.10. The first-order chi connectivity index (χ1) is 15.4. The number of carbonyl (C=O) groups excluding carboxylic acids is 1. The number of ether oxygens (including phenoxy) is 1. The van der Waals surface area contributed by atoms with Crippen molar-refractivity contribution in [1.29, 1.82) is 5.26 Å². The van der Waals surface area contributed by atoms with E-state index in [-0.39, 0.29) is 11.7 Å². The number of hydrogen-bond acceptors (Lipinski definition) is 7. The van der Waals surface area contributed by atoms with Crippen molar-refractivity contribution >= 4 is 44.5 Å². The highest BCUT2D eigenvalue weighted by molar-refractivity contribution is 9.10. The number of nitriles is 1. The number of para-hydroxylation sites is 1. The molecule has 0 aromatic heterocycles. The van der Waals surface area contributed by atoms with Gasteiger partial charge in [0.1, 0.15) is 22.5 Å². The van der Waals surface area contributed by atoms with Crippen LogP contribution in [-0.2, 0) is 4.79 Å². The van der Waals surface area contributed by atoms with Crippen LogP contribution in [0.1, 0.15) is 25.5 Å². The lowest BCUT2D eigenvalue weighted by Crippen LogP contribution is -2.39. The molecule has 0 saturated heterocycles. The molecule has 0 saturated carbocycles. The molecule has 1 atom stereocenters. The van der Waals surface area contributed by atoms with Crippen LogP contribution in [0.2, 0.25) is 0 Å². The van der Waals surface area contributed by atoms with Gasteiger partial charge in [-0.15, -0.1) is 0 Å². The number of nitrogens with two attached hydrogens (primary N) is 1. The number of nitrogens with one attached hydrogen (secondary N) is 1. The second-order valence-electron chi connectivity index (χ2n) is 7.04. The Balaban J connectivity index is 1.82. The topological polar surface area (TPSA) is 104 Å². The van der Waals surface area contributed by atoms with Gasteiger partial charge in [-0.3, -0.25) is 9.69 Å². The van der Waals surface area contributed by atoms with Gasteiger partial charge in [-0.1, -0.05) is 24.3 Å². The quantitative estimate of drug-likeness (QED) is 0.595. The Morgan fingerprint density at radius 3 is 2.75 bits per heavy atom. The van der Waals surface area contributed by atoms with E-state index in [9.17, 15) is 10.1 Å². The van der Waals surface area contributed by atoms with E-state index >= 15 is 0 Å². The van der Waals surface area contributed by atoms with Crippen LogP contribution in [0, 0.1) is 11.3 Å². The van der Waals surface area contributed by atoms with Gasteiger partial charge < -0.3 is 15.8 Å². The Labute approximate surface area is 198 Å². The summed E-state index contributed by atoms with van der Waals surface area (Å²) in [6.45, 7) is 4.24. The molecule has 4 rings (SSSR count). The van der Waals surface area contributed by atoms with Crippen molar-refractivity contribution in [3.05, 3.63) is 80.6 Å². The van der Waals surface area contributed by atoms with E-state index in [1.807, 2.05) is 55.5 Å². The number of nitrogens with zero attached hydrogens (tertiary/aromatic N) is 3. The molecule has 7 nitrogen and oxygen atoms in total. The van der Waals surface area contributed by atoms with Crippen molar-refractivity contribution in [3.63, 3.8) is 0 Å². The Kier molecular flexibility index (Phi) is 6.26. The van der Waals surface area contributed by atoms with Gasteiger partial charge in [0, 0.05) is 5.69 Å². The van der Waals surface area contributed by atoms with Gasteiger partial charge in [-0.2, -0.15) is 5.26 Å². The lowest BCUT2D eigenvalue weighted by atomic mass is 9.93. The first kappa shape index (κ1) is 22.0. The standard InChI is InChI=1S/C23H20BrN5O2S/c1-3-31-17-10-9-14(11-16(17)24)20-19(22(30)28-15-7-5-4-6-8-15)13(2)27-23-29(20)21(26)18(12-25)32-23/h4-11,20H,3,26H2,1-2H3,(H,28,30)/t20-/m1/s1. The molecule has 0 radical (unpaired) electrons. The minimum absolute atomic E-state index is 0.281. The van der Waals surface area contributed by atoms with Crippen molar-refractivity contribution < 1.29 is 9.53 Å². The summed E-state index contributed by atoms with van der Waals surface area (Å²) in [6.07, 6.45) is 0. The van der Waals surface area contributed by atoms with Gasteiger partial charge in [0.15, 0.2) is 5.17 Å². The molecule has 0 aliphatic carbocycles. The molecule has 2 aromatic carbocycles. The van der Waals surface area contributed by atoms with E-state index in [2.05, 4.69) is 32.3 Å². The number of amides is 1. The van der Waals surface area contributed by atoms with Crippen LogP contribution in [0.5, 0.6) is 5.75 Å². The van der Waals surface area contributed by atoms with Crippen LogP contribution in [0.3, 0.4) is 0 Å². The molecule has 2 aromatic rings. The van der Waals surface area contributed by atoms with E-state index < -0.39 is 6.04 Å². The Bertz CT molecular complexity index is 1220. The fourth-order valence-electron chi connectivity index (χ4n) is 3.63. The molecular weight excluding hydrogens is 490 g/mol. The summed E-state index contributed by atoms with van der Waals surface area (Å²) < 4.78 is 6.40. The van der Waals surface area contributed by atoms with Gasteiger partial charge in [0.05, 0.1) is 28.4 Å². The molecule has 0 bridgehead atoms. The first-order valence-electron chi connectivity index (χ1n) is 9.89. The Morgan fingerprint density at radius 1 is 1.34 bits per heavy atom. The summed E-state index contributed by atoms with van der Waals surface area (Å²) in [6, 6.07) is 16.5. The molecule has 162 valence electrons. The number of halogens is 1. The zero-order chi connectivity index (χ0) is 22.8. The number of thioether (sulfide) groups is 1. The number of amidine groups is 1. The number of carbonyl (C=O) groups is 1. The van der Waals surface area contributed by atoms with E-state index in [0.717, 1.165) is 10.0 Å². The normalized spacial score (nSPS) is 17.6. The Morgan fingerprint density at radius 2 is 2.09 bits per heavy atom. The molecular formula is C23H20BrN5O2S. The Hall–Kier alpha value is -3.22. The zero-order valence-electron chi connectivity index (χ0n) is 17.4. The molecule has 2 heterocycles. The second-order valence-corrected chi connectivity index (χ2v) is 8.87. The van der Waals surface area contributed by atoms with E-state index in [1.54, 1.807) is 11.8 Å². The largest absolute Gasteiger partial charge is 0.493 e. The third-order valence-corrected chi connectivity index (χ3v) is 6.62. The number of allylic oxidation sites excluding steroid dienone is 2. The second kappa shape index (κ2) is 9.10. The number of aliphatic imine (C=N–C) groups is 1. The maximum atomic E-state index is 13.4. The average molecular weight is 510 g/mol. The monoisotopic (exact) mass is 509 g/mol. The number of anilines is 1. The molecule has 2 aliphatic heterocycles. The van der Waals surface area contributed by atoms with Crippen molar-refractivity contribution in [2.45, 2.75) is 19.9 Å². The van der Waals surface area contributed by atoms with Gasteiger partial charge in [0.25, 0.3) is 5.91 Å². The van der Waals surface area contributed by atoms with Crippen LogP contribution in [0.4, 0.5) is 5.69 Å². The van der Waals surface area contributed by atoms with Crippen LogP contribution in [-0.4, -0.2) is 22.6 Å². The zero-order valence-corrected chi connectivity index (χ0v) is 19.8. The number of hydrogen-bond donors (Lipinski definition) is 2. The number of benzene rings is 2. The third-order valence-electron chi connectivity index (χ3n) is 5.03. The predicted octanol–water partition coefficient (Wildman–Crippen LogP) is 4.87. The maximum Gasteiger partial charge on any atom is 0.255 e. The summed E-state index contributed by atoms with van der Waals surface area (Å²) in [5.74, 6) is 0.701. The third kappa shape index (κ3) is 3.99. The van der Waals surface area contributed by atoms with Crippen LogP contribution in [0.25, 0.3) is 0 Å². The predicted molar refractivity (Wildman–Crippen MR) is 130 cm³/mol. The minimum atomic E-state index is -0.559. The molecule has 9 heteroatoms. The highest BCUT2D eigenvalue weighted by Crippen LogP contribution is 2.46. The summed E-state index contributed by atoms with van der Waals surface area (Å²) in [7, 11) is 0. The fourth-order valence-corrected chi connectivity index (χ4v) is 5.05. The first-order valence-corrected chi connectivity index (χ1v) is 11.5. The summed E-state index contributed by atoms with van der Waals surface area (Å²) in [5, 5.41) is 13.0. The summed E-state index contributed by atoms with van der Waals surface area (Å²) in [4.78, 5) is 20.1. The summed E-state index contributed by atoms with van der Waals surface area (Å²) in [5.41, 5.74) is 8.85. The molecule has 3 N–H and O–H groups in total. The fraction of sp³-hybridized carbons (Fsp3) is 0.174. The van der Waals surface area contributed by atoms with Crippen molar-refractivity contribution in [3.8, 4) is 11.8 Å². The van der Waals surface area contributed by atoms with Crippen LogP contribution >= 0.6 is 27.7 Å². The molecule has 0 fully saturated rings. The molecule has 0 spiro atoms. The SMILES string of the molecule is CCOc1ccc([C@@H]2C(C(=O)Nc3ccccc3)=C(C)N=C3SC(C#N)=C(N)N32)cc1Br. The van der Waals surface area contributed by atoms with E-state index in [0.29, 0.717) is 39.4 Å². The summed E-state index contributed by atoms with van der Waals surface area (Å²) >= 11 is 4.77. The van der Waals surface area contributed by atoms with Crippen molar-refractivity contribution in [2.24, 2.45) is 10.7 Å². The molecule has 32 heavy (non-hydrogen) atoms. The number of fused-ring (bicyclic) bond motifs is 1. The van der Waals surface area contributed by atoms with Crippen molar-refractivity contribution in [1.82, 2.24) is 4.90 Å². The smallest absolute Gasteiger partial charge is 0.255 e. The maximum absolute atomic E-state index is 13.4. The molecule has 0 unspecified atom stereocenters. The van der Waals surface area contributed by atoms with Crippen LogP contribution in [0.15, 0.2) is 80.0 Å². The minimum Gasteiger partial charge on any atom is -0.493 e. The molecule has 2 aliphatic rings. The van der Waals surface area contributed by atoms with E-state index in [1.165, 1.54) is 11.8 Å². The highest BCUT2D eigenvalue weighted by atomic mass is 79.9.